The maximum absolute atomic E-state index is 12.4. The van der Waals surface area contributed by atoms with Gasteiger partial charge in [-0.15, -0.1) is 10.2 Å². The Kier molecular flexibility index (Phi) is 5.47. The van der Waals surface area contributed by atoms with Gasteiger partial charge in [0.1, 0.15) is 5.01 Å². The van der Waals surface area contributed by atoms with Gasteiger partial charge in [0.05, 0.1) is 5.92 Å². The number of hydrogen-bond acceptors (Lipinski definition) is 6. The van der Waals surface area contributed by atoms with Crippen molar-refractivity contribution in [1.29, 1.82) is 0 Å². The normalized spacial score (nSPS) is 16.4. The fourth-order valence-electron chi connectivity index (χ4n) is 2.55. The SMILES string of the molecule is Cc1nnc(SCCCNC(=O)C2CC(=O)Nc3ccccc32)s1. The number of carbonyl (C=O) groups is 2. The molecule has 1 atom stereocenters. The highest BCUT2D eigenvalue weighted by Gasteiger charge is 2.29. The van der Waals surface area contributed by atoms with E-state index in [4.69, 9.17) is 0 Å². The second kappa shape index (κ2) is 7.76. The quantitative estimate of drug-likeness (QED) is 0.609. The molecular weight excluding hydrogens is 344 g/mol. The van der Waals surface area contributed by atoms with Crippen LogP contribution in [0.2, 0.25) is 0 Å². The molecule has 6 nitrogen and oxygen atoms in total. The van der Waals surface area contributed by atoms with Gasteiger partial charge >= 0.3 is 0 Å². The number of fused-ring (bicyclic) bond motifs is 1. The molecule has 2 aromatic rings. The third-order valence-electron chi connectivity index (χ3n) is 3.67. The summed E-state index contributed by atoms with van der Waals surface area (Å²) in [6.45, 7) is 2.52. The molecule has 0 radical (unpaired) electrons. The number of para-hydroxylation sites is 1. The lowest BCUT2D eigenvalue weighted by atomic mass is 9.90. The summed E-state index contributed by atoms with van der Waals surface area (Å²) in [6.07, 6.45) is 1.04. The van der Waals surface area contributed by atoms with Gasteiger partial charge in [0.15, 0.2) is 4.34 Å². The molecular formula is C16H18N4O2S2. The van der Waals surface area contributed by atoms with Crippen LogP contribution in [0, 0.1) is 6.92 Å². The molecule has 1 aliphatic heterocycles. The van der Waals surface area contributed by atoms with E-state index >= 15 is 0 Å². The van der Waals surface area contributed by atoms with Crippen molar-refractivity contribution in [3.63, 3.8) is 0 Å². The Morgan fingerprint density at radius 2 is 2.25 bits per heavy atom. The fourth-order valence-corrected chi connectivity index (χ4v) is 4.37. The summed E-state index contributed by atoms with van der Waals surface area (Å²) in [5, 5.41) is 14.7. The Hall–Kier alpha value is -1.93. The molecule has 0 fully saturated rings. The number of rotatable bonds is 6. The molecule has 2 heterocycles. The minimum atomic E-state index is -0.409. The minimum Gasteiger partial charge on any atom is -0.356 e. The first-order valence-electron chi connectivity index (χ1n) is 7.73. The van der Waals surface area contributed by atoms with Crippen LogP contribution in [0.1, 0.15) is 29.3 Å². The zero-order valence-corrected chi connectivity index (χ0v) is 14.9. The van der Waals surface area contributed by atoms with Crippen LogP contribution in [0.4, 0.5) is 5.69 Å². The number of carbonyl (C=O) groups excluding carboxylic acids is 2. The van der Waals surface area contributed by atoms with Gasteiger partial charge in [-0.3, -0.25) is 9.59 Å². The molecule has 0 saturated carbocycles. The first-order valence-corrected chi connectivity index (χ1v) is 9.53. The maximum atomic E-state index is 12.4. The molecule has 0 aliphatic carbocycles. The molecule has 1 aliphatic rings. The van der Waals surface area contributed by atoms with Crippen LogP contribution < -0.4 is 10.6 Å². The predicted octanol–water partition coefficient (Wildman–Crippen LogP) is 2.57. The van der Waals surface area contributed by atoms with Crippen LogP contribution >= 0.6 is 23.1 Å². The van der Waals surface area contributed by atoms with E-state index in [-0.39, 0.29) is 18.2 Å². The van der Waals surface area contributed by atoms with Crippen LogP contribution in [0.3, 0.4) is 0 Å². The fraction of sp³-hybridized carbons (Fsp3) is 0.375. The van der Waals surface area contributed by atoms with Crippen molar-refractivity contribution in [2.75, 3.05) is 17.6 Å². The average molecular weight is 362 g/mol. The summed E-state index contributed by atoms with van der Waals surface area (Å²) in [7, 11) is 0. The third-order valence-corrected chi connectivity index (χ3v) is 5.73. The van der Waals surface area contributed by atoms with E-state index in [0.717, 1.165) is 32.8 Å². The molecule has 24 heavy (non-hydrogen) atoms. The van der Waals surface area contributed by atoms with Gasteiger partial charge in [-0.1, -0.05) is 41.3 Å². The molecule has 1 aromatic carbocycles. The van der Waals surface area contributed by atoms with Gasteiger partial charge in [-0.05, 0) is 25.0 Å². The van der Waals surface area contributed by atoms with E-state index in [9.17, 15) is 9.59 Å². The zero-order chi connectivity index (χ0) is 16.9. The summed E-state index contributed by atoms with van der Waals surface area (Å²) in [5.74, 6) is 0.259. The monoisotopic (exact) mass is 362 g/mol. The topological polar surface area (TPSA) is 84.0 Å². The number of benzene rings is 1. The minimum absolute atomic E-state index is 0.0888. The lowest BCUT2D eigenvalue weighted by Gasteiger charge is -2.24. The zero-order valence-electron chi connectivity index (χ0n) is 13.2. The smallest absolute Gasteiger partial charge is 0.228 e. The maximum Gasteiger partial charge on any atom is 0.228 e. The van der Waals surface area contributed by atoms with E-state index in [1.165, 1.54) is 0 Å². The van der Waals surface area contributed by atoms with Crippen LogP contribution in [-0.4, -0.2) is 34.3 Å². The number of anilines is 1. The van der Waals surface area contributed by atoms with Gasteiger partial charge < -0.3 is 10.6 Å². The Morgan fingerprint density at radius 1 is 1.42 bits per heavy atom. The van der Waals surface area contributed by atoms with E-state index in [0.29, 0.717) is 6.54 Å². The summed E-state index contributed by atoms with van der Waals surface area (Å²) >= 11 is 3.22. The van der Waals surface area contributed by atoms with E-state index in [1.807, 2.05) is 31.2 Å². The molecule has 8 heteroatoms. The van der Waals surface area contributed by atoms with E-state index in [2.05, 4.69) is 20.8 Å². The number of amides is 2. The molecule has 2 N–H and O–H groups in total. The Balaban J connectivity index is 1.48. The summed E-state index contributed by atoms with van der Waals surface area (Å²) in [5.41, 5.74) is 1.62. The van der Waals surface area contributed by atoms with Gasteiger partial charge in [-0.2, -0.15) is 0 Å². The van der Waals surface area contributed by atoms with Crippen LogP contribution in [-0.2, 0) is 9.59 Å². The van der Waals surface area contributed by atoms with Crippen molar-refractivity contribution in [3.05, 3.63) is 34.8 Å². The average Bonchev–Trinajstić information content (AvgIpc) is 2.99. The van der Waals surface area contributed by atoms with Crippen molar-refractivity contribution in [2.45, 2.75) is 30.0 Å². The lowest BCUT2D eigenvalue weighted by Crippen LogP contribution is -2.35. The van der Waals surface area contributed by atoms with Gasteiger partial charge in [0.25, 0.3) is 0 Å². The standard InChI is InChI=1S/C16H18N4O2S2/c1-10-19-20-16(24-10)23-8-4-7-17-15(22)12-9-14(21)18-13-6-3-2-5-11(12)13/h2-3,5-6,12H,4,7-9H2,1H3,(H,17,22)(H,18,21). The highest BCUT2D eigenvalue weighted by molar-refractivity contribution is 8.01. The van der Waals surface area contributed by atoms with Gasteiger partial charge in [0, 0.05) is 24.4 Å². The number of thioether (sulfide) groups is 1. The summed E-state index contributed by atoms with van der Waals surface area (Å²) in [4.78, 5) is 24.2. The first kappa shape index (κ1) is 16.9. The molecule has 0 saturated heterocycles. The van der Waals surface area contributed by atoms with Gasteiger partial charge in [-0.25, -0.2) is 0 Å². The Labute approximate surface area is 148 Å². The van der Waals surface area contributed by atoms with Crippen molar-refractivity contribution < 1.29 is 9.59 Å². The second-order valence-corrected chi connectivity index (χ2v) is 8.00. The molecule has 126 valence electrons. The number of nitrogens with zero attached hydrogens (tertiary/aromatic N) is 2. The molecule has 1 unspecified atom stereocenters. The second-order valence-electron chi connectivity index (χ2n) is 5.47. The van der Waals surface area contributed by atoms with Gasteiger partial charge in [0.2, 0.25) is 11.8 Å². The molecule has 0 spiro atoms. The molecule has 0 bridgehead atoms. The number of nitrogens with one attached hydrogen (secondary N) is 2. The predicted molar refractivity (Wildman–Crippen MR) is 95.4 cm³/mol. The number of aromatic nitrogens is 2. The molecule has 1 aromatic heterocycles. The molecule has 3 rings (SSSR count). The first-order chi connectivity index (χ1) is 11.6. The Bertz CT molecular complexity index is 747. The highest BCUT2D eigenvalue weighted by atomic mass is 32.2. The van der Waals surface area contributed by atoms with E-state index in [1.54, 1.807) is 23.1 Å². The molecule has 2 amide bonds. The van der Waals surface area contributed by atoms with Crippen LogP contribution in [0.25, 0.3) is 0 Å². The van der Waals surface area contributed by atoms with Crippen molar-refractivity contribution in [2.24, 2.45) is 0 Å². The van der Waals surface area contributed by atoms with Crippen LogP contribution in [0.5, 0.6) is 0 Å². The lowest BCUT2D eigenvalue weighted by molar-refractivity contribution is -0.126. The Morgan fingerprint density at radius 3 is 3.04 bits per heavy atom. The largest absolute Gasteiger partial charge is 0.356 e. The summed E-state index contributed by atoms with van der Waals surface area (Å²) in [6, 6.07) is 7.46. The third kappa shape index (κ3) is 4.12. The summed E-state index contributed by atoms with van der Waals surface area (Å²) < 4.78 is 0.955. The van der Waals surface area contributed by atoms with Crippen LogP contribution in [0.15, 0.2) is 28.6 Å². The van der Waals surface area contributed by atoms with Crippen molar-refractivity contribution in [1.82, 2.24) is 15.5 Å². The highest BCUT2D eigenvalue weighted by Crippen LogP contribution is 2.32. The van der Waals surface area contributed by atoms with Crippen molar-refractivity contribution >= 4 is 40.6 Å². The number of hydrogen-bond donors (Lipinski definition) is 2. The number of aryl methyl sites for hydroxylation is 1. The van der Waals surface area contributed by atoms with E-state index < -0.39 is 5.92 Å². The van der Waals surface area contributed by atoms with Crippen molar-refractivity contribution in [3.8, 4) is 0 Å².